The van der Waals surface area contributed by atoms with Crippen LogP contribution in [0, 0.1) is 11.3 Å². The molecule has 0 saturated heterocycles. The zero-order valence-corrected chi connectivity index (χ0v) is 15.5. The summed E-state index contributed by atoms with van der Waals surface area (Å²) in [6.07, 6.45) is 1.38. The second-order valence-corrected chi connectivity index (χ2v) is 7.87. The fourth-order valence-electron chi connectivity index (χ4n) is 2.56. The van der Waals surface area contributed by atoms with Crippen molar-refractivity contribution >= 4 is 57.5 Å². The summed E-state index contributed by atoms with van der Waals surface area (Å²) in [5.74, 6) is -1.23. The van der Waals surface area contributed by atoms with Crippen molar-refractivity contribution in [2.24, 2.45) is 0 Å². The average Bonchev–Trinajstić information content (AvgIpc) is 3.39. The molecule has 0 unspecified atom stereocenters. The van der Waals surface area contributed by atoms with Crippen molar-refractivity contribution in [3.8, 4) is 27.0 Å². The molecule has 1 aromatic carbocycles. The zero-order chi connectivity index (χ0) is 18.1. The van der Waals surface area contributed by atoms with Crippen LogP contribution in [0.4, 0.5) is 0 Å². The number of aliphatic carboxylic acids is 1. The van der Waals surface area contributed by atoms with Crippen molar-refractivity contribution in [1.29, 1.82) is 5.26 Å². The highest BCUT2D eigenvalue weighted by molar-refractivity contribution is 7.16. The van der Waals surface area contributed by atoms with E-state index in [1.807, 2.05) is 29.6 Å². The first-order valence-electron chi connectivity index (χ1n) is 7.42. The standard InChI is InChI=1S/C18H9N3O2S3/c19-9-10(18(22)23)8-11-3-6-15(25-11)13-5-4-12(14-2-1-7-24-14)16-17(13)21-26-20-16/h1-8H,(H,22,23). The van der Waals surface area contributed by atoms with E-state index in [1.54, 1.807) is 23.5 Å². The molecule has 0 aliphatic rings. The lowest BCUT2D eigenvalue weighted by Gasteiger charge is -2.03. The minimum Gasteiger partial charge on any atom is -0.477 e. The normalized spacial score (nSPS) is 11.6. The Morgan fingerprint density at radius 1 is 1.08 bits per heavy atom. The number of hydrogen-bond acceptors (Lipinski definition) is 7. The molecule has 0 radical (unpaired) electrons. The van der Waals surface area contributed by atoms with Gasteiger partial charge in [0.25, 0.3) is 0 Å². The molecule has 5 nitrogen and oxygen atoms in total. The molecule has 8 heteroatoms. The van der Waals surface area contributed by atoms with E-state index in [2.05, 4.69) is 14.8 Å². The molecule has 3 heterocycles. The lowest BCUT2D eigenvalue weighted by Crippen LogP contribution is -1.96. The zero-order valence-electron chi connectivity index (χ0n) is 13.0. The van der Waals surface area contributed by atoms with Gasteiger partial charge in [-0.05, 0) is 29.7 Å². The number of carboxylic acids is 1. The number of thiophene rings is 2. The van der Waals surface area contributed by atoms with Crippen LogP contribution in [0.15, 0.2) is 47.4 Å². The van der Waals surface area contributed by atoms with Gasteiger partial charge in [-0.15, -0.1) is 22.7 Å². The predicted molar refractivity (Wildman–Crippen MR) is 105 cm³/mol. The minimum atomic E-state index is -1.23. The molecule has 1 N–H and O–H groups in total. The molecule has 0 fully saturated rings. The van der Waals surface area contributed by atoms with E-state index in [9.17, 15) is 4.79 Å². The van der Waals surface area contributed by atoms with Crippen LogP contribution in [0.1, 0.15) is 4.88 Å². The highest BCUT2D eigenvalue weighted by Crippen LogP contribution is 2.38. The quantitative estimate of drug-likeness (QED) is 0.382. The van der Waals surface area contributed by atoms with E-state index in [0.717, 1.165) is 31.9 Å². The van der Waals surface area contributed by atoms with Crippen molar-refractivity contribution in [1.82, 2.24) is 8.75 Å². The monoisotopic (exact) mass is 395 g/mol. The second kappa shape index (κ2) is 6.80. The third-order valence-electron chi connectivity index (χ3n) is 3.73. The minimum absolute atomic E-state index is 0.285. The number of nitriles is 1. The Kier molecular flexibility index (Phi) is 4.34. The maximum atomic E-state index is 11.0. The molecule has 3 aromatic heterocycles. The Labute approximate surface area is 160 Å². The molecule has 0 bridgehead atoms. The number of fused-ring (bicyclic) bond motifs is 1. The van der Waals surface area contributed by atoms with Crippen LogP contribution in [0.2, 0.25) is 0 Å². The van der Waals surface area contributed by atoms with Gasteiger partial charge in [0.2, 0.25) is 0 Å². The molecule has 4 aromatic rings. The summed E-state index contributed by atoms with van der Waals surface area (Å²) in [6.45, 7) is 0. The summed E-state index contributed by atoms with van der Waals surface area (Å²) in [4.78, 5) is 13.8. The Morgan fingerprint density at radius 3 is 2.42 bits per heavy atom. The van der Waals surface area contributed by atoms with Gasteiger partial charge in [0.15, 0.2) is 0 Å². The number of rotatable bonds is 4. The topological polar surface area (TPSA) is 86.9 Å². The Bertz CT molecular complexity index is 1180. The first-order valence-corrected chi connectivity index (χ1v) is 9.84. The second-order valence-electron chi connectivity index (χ2n) is 5.28. The van der Waals surface area contributed by atoms with Crippen LogP contribution in [0.3, 0.4) is 0 Å². The van der Waals surface area contributed by atoms with Gasteiger partial charge in [0, 0.05) is 25.8 Å². The van der Waals surface area contributed by atoms with Gasteiger partial charge in [-0.1, -0.05) is 18.2 Å². The smallest absolute Gasteiger partial charge is 0.346 e. The van der Waals surface area contributed by atoms with Crippen molar-refractivity contribution < 1.29 is 9.90 Å². The number of carboxylic acid groups (broad SMARTS) is 1. The van der Waals surface area contributed by atoms with Gasteiger partial charge in [-0.3, -0.25) is 0 Å². The molecule has 26 heavy (non-hydrogen) atoms. The summed E-state index contributed by atoms with van der Waals surface area (Å²) >= 11 is 4.25. The summed E-state index contributed by atoms with van der Waals surface area (Å²) in [7, 11) is 0. The number of aromatic nitrogens is 2. The van der Waals surface area contributed by atoms with E-state index >= 15 is 0 Å². The maximum absolute atomic E-state index is 11.0. The summed E-state index contributed by atoms with van der Waals surface area (Å²) in [6, 6.07) is 13.5. The Hall–Kier alpha value is -2.86. The van der Waals surface area contributed by atoms with Crippen LogP contribution in [0.25, 0.3) is 38.0 Å². The maximum Gasteiger partial charge on any atom is 0.346 e. The first-order chi connectivity index (χ1) is 12.7. The van der Waals surface area contributed by atoms with Gasteiger partial charge >= 0.3 is 5.97 Å². The molecule has 0 aliphatic heterocycles. The summed E-state index contributed by atoms with van der Waals surface area (Å²) in [5, 5.41) is 19.9. The van der Waals surface area contributed by atoms with E-state index in [4.69, 9.17) is 10.4 Å². The van der Waals surface area contributed by atoms with Crippen LogP contribution < -0.4 is 0 Å². The molecule has 0 amide bonds. The van der Waals surface area contributed by atoms with Crippen molar-refractivity contribution in [2.75, 3.05) is 0 Å². The van der Waals surface area contributed by atoms with Crippen LogP contribution >= 0.6 is 34.4 Å². The molecule has 126 valence electrons. The number of hydrogen-bond donors (Lipinski definition) is 1. The van der Waals surface area contributed by atoms with E-state index < -0.39 is 5.97 Å². The Balaban J connectivity index is 1.80. The SMILES string of the molecule is N#CC(=Cc1ccc(-c2ccc(-c3cccs3)c3nsnc23)s1)C(=O)O. The number of carbonyl (C=O) groups is 1. The third-order valence-corrected chi connectivity index (χ3v) is 6.23. The molecular formula is C18H9N3O2S3. The molecular weight excluding hydrogens is 386 g/mol. The van der Waals surface area contributed by atoms with Gasteiger partial charge in [-0.2, -0.15) is 14.0 Å². The lowest BCUT2D eigenvalue weighted by molar-refractivity contribution is -0.132. The predicted octanol–water partition coefficient (Wildman–Crippen LogP) is 5.14. The van der Waals surface area contributed by atoms with E-state index in [-0.39, 0.29) is 5.57 Å². The van der Waals surface area contributed by atoms with Gasteiger partial charge in [0.05, 0.1) is 11.7 Å². The largest absolute Gasteiger partial charge is 0.477 e. The fraction of sp³-hybridized carbons (Fsp3) is 0. The molecule has 0 saturated carbocycles. The van der Waals surface area contributed by atoms with Crippen molar-refractivity contribution in [2.45, 2.75) is 0 Å². The van der Waals surface area contributed by atoms with Gasteiger partial charge in [-0.25, -0.2) is 4.79 Å². The lowest BCUT2D eigenvalue weighted by atomic mass is 10.1. The first kappa shape index (κ1) is 16.6. The fourth-order valence-corrected chi connectivity index (χ4v) is 4.86. The van der Waals surface area contributed by atoms with E-state index in [0.29, 0.717) is 4.88 Å². The summed E-state index contributed by atoms with van der Waals surface area (Å²) in [5.41, 5.74) is 3.42. The highest BCUT2D eigenvalue weighted by Gasteiger charge is 2.15. The van der Waals surface area contributed by atoms with Gasteiger partial charge in [0.1, 0.15) is 22.7 Å². The van der Waals surface area contributed by atoms with Crippen LogP contribution in [-0.4, -0.2) is 19.8 Å². The molecule has 0 spiro atoms. The van der Waals surface area contributed by atoms with Crippen LogP contribution in [0.5, 0.6) is 0 Å². The molecule has 0 aliphatic carbocycles. The van der Waals surface area contributed by atoms with Crippen molar-refractivity contribution in [3.05, 3.63) is 52.2 Å². The third kappa shape index (κ3) is 2.93. The Morgan fingerprint density at radius 2 is 1.81 bits per heavy atom. The number of benzene rings is 1. The summed E-state index contributed by atoms with van der Waals surface area (Å²) < 4.78 is 8.92. The van der Waals surface area contributed by atoms with Crippen molar-refractivity contribution in [3.63, 3.8) is 0 Å². The van der Waals surface area contributed by atoms with Gasteiger partial charge < -0.3 is 5.11 Å². The number of nitrogens with zero attached hydrogens (tertiary/aromatic N) is 3. The average molecular weight is 395 g/mol. The molecule has 0 atom stereocenters. The highest BCUT2D eigenvalue weighted by atomic mass is 32.1. The van der Waals surface area contributed by atoms with Crippen LogP contribution in [-0.2, 0) is 4.79 Å². The molecule has 4 rings (SSSR count). The van der Waals surface area contributed by atoms with E-state index in [1.165, 1.54) is 29.1 Å².